The predicted molar refractivity (Wildman–Crippen MR) is 122 cm³/mol. The highest BCUT2D eigenvalue weighted by Gasteiger charge is 2.05. The maximum atomic E-state index is 12.2. The lowest BCUT2D eigenvalue weighted by atomic mass is 10.2. The number of nitrogens with one attached hydrogen (secondary N) is 2. The largest absolute Gasteiger partial charge is 0.376 e. The molecule has 0 aliphatic rings. The van der Waals surface area contributed by atoms with E-state index in [-0.39, 0.29) is 0 Å². The molecule has 6 heteroatoms. The maximum Gasteiger partial charge on any atom is 0.191 e. The second kappa shape index (κ2) is 13.9. The summed E-state index contributed by atoms with van der Waals surface area (Å²) in [6.07, 6.45) is 0. The van der Waals surface area contributed by atoms with E-state index in [4.69, 9.17) is 4.74 Å². The number of ether oxygens (including phenoxy) is 1. The third-order valence-electron chi connectivity index (χ3n) is 4.21. The summed E-state index contributed by atoms with van der Waals surface area (Å²) in [7, 11) is -0.892. The minimum Gasteiger partial charge on any atom is -0.376 e. The van der Waals surface area contributed by atoms with Crippen LogP contribution in [0.5, 0.6) is 0 Å². The average Bonchev–Trinajstić information content (AvgIpc) is 2.73. The van der Waals surface area contributed by atoms with E-state index in [0.29, 0.717) is 43.7 Å². The smallest absolute Gasteiger partial charge is 0.191 e. The van der Waals surface area contributed by atoms with Gasteiger partial charge in [0.1, 0.15) is 0 Å². The minimum absolute atomic E-state index is 0.321. The Bertz CT molecular complexity index is 738. The Morgan fingerprint density at radius 3 is 2.34 bits per heavy atom. The Kier molecular flexibility index (Phi) is 11.1. The lowest BCUT2D eigenvalue weighted by Gasteiger charge is -2.14. The molecule has 2 N–H and O–H groups in total. The molecule has 0 amide bonds. The van der Waals surface area contributed by atoms with Crippen molar-refractivity contribution in [3.05, 3.63) is 71.8 Å². The molecule has 0 aromatic heterocycles. The maximum absolute atomic E-state index is 12.2. The monoisotopic (exact) mass is 415 g/mol. The van der Waals surface area contributed by atoms with Crippen LogP contribution in [0.25, 0.3) is 0 Å². The van der Waals surface area contributed by atoms with Crippen molar-refractivity contribution in [3.8, 4) is 0 Å². The Hall–Kier alpha value is -2.18. The van der Waals surface area contributed by atoms with Gasteiger partial charge in [0.05, 0.1) is 13.2 Å². The summed E-state index contributed by atoms with van der Waals surface area (Å²) < 4.78 is 18.0. The van der Waals surface area contributed by atoms with Crippen molar-refractivity contribution in [3.63, 3.8) is 0 Å². The second-order valence-corrected chi connectivity index (χ2v) is 8.60. The molecule has 2 unspecified atom stereocenters. The van der Waals surface area contributed by atoms with E-state index in [2.05, 4.69) is 34.7 Å². The first-order valence-corrected chi connectivity index (χ1v) is 11.7. The molecule has 158 valence electrons. The number of aliphatic imine (C=N–C) groups is 1. The Balaban J connectivity index is 1.67. The lowest BCUT2D eigenvalue weighted by molar-refractivity contribution is 0.0945. The van der Waals surface area contributed by atoms with E-state index in [1.54, 1.807) is 0 Å². The summed E-state index contributed by atoms with van der Waals surface area (Å²) in [6.45, 7) is 7.56. The fraction of sp³-hybridized carbons (Fsp3) is 0.435. The Morgan fingerprint density at radius 1 is 1.03 bits per heavy atom. The van der Waals surface area contributed by atoms with Crippen molar-refractivity contribution in [2.45, 2.75) is 26.2 Å². The van der Waals surface area contributed by atoms with Crippen LogP contribution >= 0.6 is 0 Å². The van der Waals surface area contributed by atoms with Gasteiger partial charge >= 0.3 is 0 Å². The lowest BCUT2D eigenvalue weighted by Crippen LogP contribution is -2.39. The molecule has 2 aromatic rings. The van der Waals surface area contributed by atoms with Gasteiger partial charge in [-0.3, -0.25) is 9.20 Å². The predicted octanol–water partition coefficient (Wildman–Crippen LogP) is 3.34. The number of hydrogen-bond acceptors (Lipinski definition) is 3. The van der Waals surface area contributed by atoms with E-state index in [1.165, 1.54) is 5.56 Å². The molecule has 0 heterocycles. The van der Waals surface area contributed by atoms with E-state index in [9.17, 15) is 4.21 Å². The molecule has 2 aromatic carbocycles. The van der Waals surface area contributed by atoms with Gasteiger partial charge in [-0.05, 0) is 24.0 Å². The molecule has 0 radical (unpaired) electrons. The zero-order chi connectivity index (χ0) is 20.7. The van der Waals surface area contributed by atoms with Gasteiger partial charge in [0.15, 0.2) is 5.96 Å². The van der Waals surface area contributed by atoms with Gasteiger partial charge in [0, 0.05) is 41.9 Å². The molecular formula is C23H33N3O2S. The van der Waals surface area contributed by atoms with Crippen LogP contribution in [-0.4, -0.2) is 42.2 Å². The topological polar surface area (TPSA) is 62.7 Å². The van der Waals surface area contributed by atoms with Crippen molar-refractivity contribution < 1.29 is 8.95 Å². The Labute approximate surface area is 177 Å². The third-order valence-corrected chi connectivity index (χ3v) is 5.53. The molecule has 0 aliphatic carbocycles. The van der Waals surface area contributed by atoms with Gasteiger partial charge in [0.25, 0.3) is 0 Å². The fourth-order valence-corrected chi connectivity index (χ4v) is 3.75. The summed E-state index contributed by atoms with van der Waals surface area (Å²) in [5.74, 6) is 2.27. The molecule has 5 nitrogen and oxygen atoms in total. The zero-order valence-corrected chi connectivity index (χ0v) is 18.3. The number of nitrogens with zero attached hydrogens (tertiary/aromatic N) is 1. The van der Waals surface area contributed by atoms with E-state index < -0.39 is 10.8 Å². The number of hydrogen-bond donors (Lipinski definition) is 2. The second-order valence-electron chi connectivity index (χ2n) is 7.03. The van der Waals surface area contributed by atoms with Crippen molar-refractivity contribution in [2.24, 2.45) is 10.9 Å². The van der Waals surface area contributed by atoms with E-state index >= 15 is 0 Å². The van der Waals surface area contributed by atoms with Crippen LogP contribution in [0.1, 0.15) is 25.0 Å². The first kappa shape index (κ1) is 23.1. The summed E-state index contributed by atoms with van der Waals surface area (Å²) in [5, 5.41) is 6.52. The highest BCUT2D eigenvalue weighted by molar-refractivity contribution is 7.84. The molecule has 0 fully saturated rings. The summed E-state index contributed by atoms with van der Waals surface area (Å²) >= 11 is 0. The molecule has 29 heavy (non-hydrogen) atoms. The van der Waals surface area contributed by atoms with Gasteiger partial charge in [-0.25, -0.2) is 0 Å². The SMILES string of the molecule is CCNC(=NCC(C)COCc1ccccc1)NCCS(=O)Cc1ccccc1. The first-order chi connectivity index (χ1) is 14.2. The highest BCUT2D eigenvalue weighted by Crippen LogP contribution is 2.04. The average molecular weight is 416 g/mol. The Morgan fingerprint density at radius 2 is 1.69 bits per heavy atom. The zero-order valence-electron chi connectivity index (χ0n) is 17.5. The van der Waals surface area contributed by atoms with Gasteiger partial charge in [-0.2, -0.15) is 0 Å². The number of benzene rings is 2. The molecule has 0 spiro atoms. The summed E-state index contributed by atoms with van der Waals surface area (Å²) in [4.78, 5) is 4.64. The third kappa shape index (κ3) is 10.2. The number of guanidine groups is 1. The van der Waals surface area contributed by atoms with Crippen LogP contribution in [0.15, 0.2) is 65.7 Å². The van der Waals surface area contributed by atoms with Crippen molar-refractivity contribution in [1.82, 2.24) is 10.6 Å². The van der Waals surface area contributed by atoms with Crippen LogP contribution in [0.4, 0.5) is 0 Å². The van der Waals surface area contributed by atoms with Crippen LogP contribution in [0.2, 0.25) is 0 Å². The molecule has 0 saturated heterocycles. The highest BCUT2D eigenvalue weighted by atomic mass is 32.2. The minimum atomic E-state index is -0.892. The molecule has 2 rings (SSSR count). The van der Waals surface area contributed by atoms with E-state index in [0.717, 1.165) is 18.1 Å². The summed E-state index contributed by atoms with van der Waals surface area (Å²) in [6, 6.07) is 20.1. The van der Waals surface area contributed by atoms with Crippen molar-refractivity contribution in [1.29, 1.82) is 0 Å². The number of rotatable bonds is 12. The normalized spacial score (nSPS) is 13.7. The summed E-state index contributed by atoms with van der Waals surface area (Å²) in [5.41, 5.74) is 2.29. The molecule has 0 saturated carbocycles. The van der Waals surface area contributed by atoms with Crippen molar-refractivity contribution >= 4 is 16.8 Å². The first-order valence-electron chi connectivity index (χ1n) is 10.2. The molecular weight excluding hydrogens is 382 g/mol. The fourth-order valence-electron chi connectivity index (χ4n) is 2.71. The van der Waals surface area contributed by atoms with E-state index in [1.807, 2.05) is 55.5 Å². The van der Waals surface area contributed by atoms with Gasteiger partial charge < -0.3 is 15.4 Å². The van der Waals surface area contributed by atoms with Crippen LogP contribution in [0.3, 0.4) is 0 Å². The molecule has 0 aliphatic heterocycles. The van der Waals surface area contributed by atoms with Crippen molar-refractivity contribution in [2.75, 3.05) is 32.0 Å². The van der Waals surface area contributed by atoms with Crippen LogP contribution < -0.4 is 10.6 Å². The molecule has 0 bridgehead atoms. The standard InChI is InChI=1S/C23H33N3O2S/c1-3-24-23(25-14-15-29(27)19-22-12-8-5-9-13-22)26-16-20(2)17-28-18-21-10-6-4-7-11-21/h4-13,20H,3,14-19H2,1-2H3,(H2,24,25,26). The molecule has 2 atom stereocenters. The van der Waals surface area contributed by atoms with Gasteiger partial charge in [-0.15, -0.1) is 0 Å². The quantitative estimate of drug-likeness (QED) is 0.412. The van der Waals surface area contributed by atoms with Gasteiger partial charge in [0.2, 0.25) is 0 Å². The van der Waals surface area contributed by atoms with Gasteiger partial charge in [-0.1, -0.05) is 67.6 Å². The van der Waals surface area contributed by atoms with Crippen LogP contribution in [0, 0.1) is 5.92 Å². The van der Waals surface area contributed by atoms with Crippen LogP contribution in [-0.2, 0) is 27.9 Å².